The molecule has 3 N–H and O–H groups in total. The number of esters is 1. The van der Waals surface area contributed by atoms with E-state index in [1.807, 2.05) is 0 Å². The van der Waals surface area contributed by atoms with Crippen molar-refractivity contribution in [2.75, 3.05) is 12.3 Å². The minimum Gasteiger partial charge on any atom is -0.460 e. The van der Waals surface area contributed by atoms with Crippen molar-refractivity contribution in [2.24, 2.45) is 0 Å². The highest BCUT2D eigenvalue weighted by Gasteiger charge is 2.14. The Balaban J connectivity index is 2.47. The highest BCUT2D eigenvalue weighted by atomic mass is 16.5. The summed E-state index contributed by atoms with van der Waals surface area (Å²) in [5.41, 5.74) is 6.37. The van der Waals surface area contributed by atoms with Crippen molar-refractivity contribution in [3.63, 3.8) is 0 Å². The summed E-state index contributed by atoms with van der Waals surface area (Å²) < 4.78 is 4.78. The Kier molecular flexibility index (Phi) is 2.20. The van der Waals surface area contributed by atoms with Crippen LogP contribution in [0.4, 0.5) is 5.82 Å². The van der Waals surface area contributed by atoms with Gasteiger partial charge in [0.1, 0.15) is 11.8 Å². The molecule has 0 saturated carbocycles. The molecule has 0 spiro atoms. The number of fused-ring (bicyclic) bond motifs is 1. The molecule has 15 heavy (non-hydrogen) atoms. The van der Waals surface area contributed by atoms with Crippen molar-refractivity contribution in [2.45, 2.75) is 6.92 Å². The summed E-state index contributed by atoms with van der Waals surface area (Å²) in [6.07, 6.45) is 1.29. The molecule has 0 fully saturated rings. The van der Waals surface area contributed by atoms with Gasteiger partial charge < -0.3 is 15.5 Å². The largest absolute Gasteiger partial charge is 0.460 e. The Morgan fingerprint density at radius 3 is 3.07 bits per heavy atom. The number of rotatable bonds is 2. The van der Waals surface area contributed by atoms with Gasteiger partial charge in [0.2, 0.25) is 5.82 Å². The molecule has 0 radical (unpaired) electrons. The molecular formula is C8H9N5O2. The Bertz CT molecular complexity index is 507. The molecule has 7 nitrogen and oxygen atoms in total. The van der Waals surface area contributed by atoms with E-state index in [0.717, 1.165) is 0 Å². The standard InChI is InChI=1S/C8H9N5O2/c1-2-15-8(14)7-12-4-5(9)10-3-11-6(4)13-7/h3H,2H2,1H3,(H3,9,10,11,12,13). The minimum atomic E-state index is -0.532. The summed E-state index contributed by atoms with van der Waals surface area (Å²) >= 11 is 0. The predicted octanol–water partition coefficient (Wildman–Crippen LogP) is 0.112. The number of H-pyrrole nitrogens is 1. The number of ether oxygens (including phenoxy) is 1. The molecule has 2 rings (SSSR count). The van der Waals surface area contributed by atoms with Crippen molar-refractivity contribution in [1.82, 2.24) is 19.9 Å². The quantitative estimate of drug-likeness (QED) is 0.677. The monoisotopic (exact) mass is 207 g/mol. The number of aromatic nitrogens is 4. The zero-order valence-corrected chi connectivity index (χ0v) is 8.02. The molecule has 7 heteroatoms. The fourth-order valence-electron chi connectivity index (χ4n) is 1.14. The topological polar surface area (TPSA) is 107 Å². The van der Waals surface area contributed by atoms with Gasteiger partial charge in [-0.05, 0) is 6.92 Å². The number of carbonyl (C=O) groups excluding carboxylic acids is 1. The smallest absolute Gasteiger partial charge is 0.374 e. The number of aromatic amines is 1. The number of anilines is 1. The molecule has 2 aromatic rings. The summed E-state index contributed by atoms with van der Waals surface area (Å²) in [6.45, 7) is 2.01. The second kappa shape index (κ2) is 3.52. The van der Waals surface area contributed by atoms with Gasteiger partial charge in [0, 0.05) is 0 Å². The van der Waals surface area contributed by atoms with E-state index in [0.29, 0.717) is 11.2 Å². The van der Waals surface area contributed by atoms with E-state index in [2.05, 4.69) is 19.9 Å². The van der Waals surface area contributed by atoms with E-state index in [1.54, 1.807) is 6.92 Å². The summed E-state index contributed by atoms with van der Waals surface area (Å²) in [7, 11) is 0. The van der Waals surface area contributed by atoms with Gasteiger partial charge in [-0.25, -0.2) is 19.7 Å². The maximum Gasteiger partial charge on any atom is 0.374 e. The number of imidazole rings is 1. The first kappa shape index (κ1) is 9.38. The summed E-state index contributed by atoms with van der Waals surface area (Å²) in [6, 6.07) is 0. The lowest BCUT2D eigenvalue weighted by Gasteiger charge is -1.95. The Labute approximate surface area is 84.7 Å². The molecule has 0 bridgehead atoms. The Morgan fingerprint density at radius 2 is 2.40 bits per heavy atom. The zero-order valence-electron chi connectivity index (χ0n) is 8.02. The number of hydrogen-bond donors (Lipinski definition) is 2. The second-order valence-corrected chi connectivity index (χ2v) is 2.76. The van der Waals surface area contributed by atoms with Crippen molar-refractivity contribution in [1.29, 1.82) is 0 Å². The van der Waals surface area contributed by atoms with Crippen LogP contribution in [0.3, 0.4) is 0 Å². The van der Waals surface area contributed by atoms with E-state index in [9.17, 15) is 4.79 Å². The van der Waals surface area contributed by atoms with Gasteiger partial charge in [-0.2, -0.15) is 0 Å². The van der Waals surface area contributed by atoms with Crippen LogP contribution < -0.4 is 5.73 Å². The molecule has 0 aliphatic carbocycles. The first-order valence-corrected chi connectivity index (χ1v) is 4.35. The van der Waals surface area contributed by atoms with Crippen LogP contribution in [-0.4, -0.2) is 32.5 Å². The second-order valence-electron chi connectivity index (χ2n) is 2.76. The van der Waals surface area contributed by atoms with Crippen LogP contribution in [0.15, 0.2) is 6.33 Å². The molecule has 0 amide bonds. The average Bonchev–Trinajstić information content (AvgIpc) is 2.63. The van der Waals surface area contributed by atoms with Crippen LogP contribution in [0.2, 0.25) is 0 Å². The summed E-state index contributed by atoms with van der Waals surface area (Å²) in [5.74, 6) is -0.197. The van der Waals surface area contributed by atoms with Crippen molar-refractivity contribution < 1.29 is 9.53 Å². The summed E-state index contributed by atoms with van der Waals surface area (Å²) in [4.78, 5) is 25.6. The molecule has 2 aromatic heterocycles. The molecule has 0 aliphatic heterocycles. The molecular weight excluding hydrogens is 198 g/mol. The van der Waals surface area contributed by atoms with Crippen LogP contribution in [0.1, 0.15) is 17.5 Å². The molecule has 0 aliphatic rings. The van der Waals surface area contributed by atoms with Gasteiger partial charge in [-0.1, -0.05) is 0 Å². The first-order valence-electron chi connectivity index (χ1n) is 4.35. The van der Waals surface area contributed by atoms with Gasteiger partial charge in [0.15, 0.2) is 11.5 Å². The SMILES string of the molecule is CCOC(=O)c1nc2ncnc(N)c2[nH]1. The lowest BCUT2D eigenvalue weighted by molar-refractivity contribution is 0.0513. The number of nitrogens with two attached hydrogens (primary N) is 1. The van der Waals surface area contributed by atoms with Crippen molar-refractivity contribution in [3.8, 4) is 0 Å². The van der Waals surface area contributed by atoms with Gasteiger partial charge in [0.25, 0.3) is 0 Å². The molecule has 0 unspecified atom stereocenters. The van der Waals surface area contributed by atoms with Gasteiger partial charge in [-0.15, -0.1) is 0 Å². The van der Waals surface area contributed by atoms with Crippen LogP contribution in [0.5, 0.6) is 0 Å². The maximum absolute atomic E-state index is 11.3. The molecule has 0 saturated heterocycles. The van der Waals surface area contributed by atoms with E-state index >= 15 is 0 Å². The highest BCUT2D eigenvalue weighted by molar-refractivity contribution is 5.91. The highest BCUT2D eigenvalue weighted by Crippen LogP contribution is 2.13. The third kappa shape index (κ3) is 1.58. The van der Waals surface area contributed by atoms with E-state index in [1.165, 1.54) is 6.33 Å². The lowest BCUT2D eigenvalue weighted by atomic mass is 10.5. The Morgan fingerprint density at radius 1 is 1.60 bits per heavy atom. The number of nitrogens with one attached hydrogen (secondary N) is 1. The van der Waals surface area contributed by atoms with Crippen molar-refractivity contribution >= 4 is 23.0 Å². The average molecular weight is 207 g/mol. The third-order valence-corrected chi connectivity index (χ3v) is 1.79. The van der Waals surface area contributed by atoms with E-state index in [-0.39, 0.29) is 18.2 Å². The van der Waals surface area contributed by atoms with Crippen LogP contribution in [-0.2, 0) is 4.74 Å². The third-order valence-electron chi connectivity index (χ3n) is 1.79. The van der Waals surface area contributed by atoms with Crippen LogP contribution >= 0.6 is 0 Å². The van der Waals surface area contributed by atoms with Crippen molar-refractivity contribution in [3.05, 3.63) is 12.2 Å². The molecule has 0 aromatic carbocycles. The van der Waals surface area contributed by atoms with Gasteiger partial charge in [0.05, 0.1) is 6.61 Å². The molecule has 0 atom stereocenters. The zero-order chi connectivity index (χ0) is 10.8. The summed E-state index contributed by atoms with van der Waals surface area (Å²) in [5, 5.41) is 0. The minimum absolute atomic E-state index is 0.0825. The fraction of sp³-hybridized carbons (Fsp3) is 0.250. The fourth-order valence-corrected chi connectivity index (χ4v) is 1.14. The van der Waals surface area contributed by atoms with Crippen LogP contribution in [0.25, 0.3) is 11.2 Å². The lowest BCUT2D eigenvalue weighted by Crippen LogP contribution is -2.06. The molecule has 2 heterocycles. The maximum atomic E-state index is 11.3. The van der Waals surface area contributed by atoms with Gasteiger partial charge >= 0.3 is 5.97 Å². The number of hydrogen-bond acceptors (Lipinski definition) is 6. The predicted molar refractivity (Wildman–Crippen MR) is 52.1 cm³/mol. The van der Waals surface area contributed by atoms with E-state index < -0.39 is 5.97 Å². The number of nitrogen functional groups attached to an aromatic ring is 1. The normalized spacial score (nSPS) is 10.5. The van der Waals surface area contributed by atoms with E-state index in [4.69, 9.17) is 10.5 Å². The number of nitrogens with zero attached hydrogens (tertiary/aromatic N) is 3. The number of carbonyl (C=O) groups is 1. The van der Waals surface area contributed by atoms with Crippen LogP contribution in [0, 0.1) is 0 Å². The van der Waals surface area contributed by atoms with Gasteiger partial charge in [-0.3, -0.25) is 0 Å². The first-order chi connectivity index (χ1) is 7.22. The Hall–Kier alpha value is -2.18. The molecule has 78 valence electrons.